The van der Waals surface area contributed by atoms with Gasteiger partial charge in [-0.15, -0.1) is 11.3 Å². The molecule has 2 aromatic rings. The molecule has 2 aromatic heterocycles. The summed E-state index contributed by atoms with van der Waals surface area (Å²) in [7, 11) is 0. The van der Waals surface area contributed by atoms with E-state index in [9.17, 15) is 0 Å². The standard InChI is InChI=1S/C12H16N4S/c1-3-13-11-6-12(16-8-15-11)14-7-10-9(2)4-5-17-10/h4-6,8H,3,7H2,1-2H3,(H2,13,14,15,16). The summed E-state index contributed by atoms with van der Waals surface area (Å²) in [4.78, 5) is 9.67. The molecule has 4 nitrogen and oxygen atoms in total. The molecule has 0 aromatic carbocycles. The van der Waals surface area contributed by atoms with Crippen molar-refractivity contribution in [3.05, 3.63) is 34.3 Å². The highest BCUT2D eigenvalue weighted by Crippen LogP contribution is 2.17. The van der Waals surface area contributed by atoms with E-state index >= 15 is 0 Å². The summed E-state index contributed by atoms with van der Waals surface area (Å²) in [5.41, 5.74) is 1.32. The van der Waals surface area contributed by atoms with E-state index in [1.807, 2.05) is 13.0 Å². The summed E-state index contributed by atoms with van der Waals surface area (Å²) >= 11 is 1.76. The van der Waals surface area contributed by atoms with Crippen LogP contribution in [0.15, 0.2) is 23.8 Å². The second-order valence-electron chi connectivity index (χ2n) is 3.70. The van der Waals surface area contributed by atoms with Gasteiger partial charge in [-0.25, -0.2) is 9.97 Å². The molecule has 0 saturated carbocycles. The Kier molecular flexibility index (Phi) is 3.93. The lowest BCUT2D eigenvalue weighted by molar-refractivity contribution is 1.07. The quantitative estimate of drug-likeness (QED) is 0.854. The van der Waals surface area contributed by atoms with Crippen LogP contribution in [0.5, 0.6) is 0 Å². The monoisotopic (exact) mass is 248 g/mol. The van der Waals surface area contributed by atoms with Gasteiger partial charge >= 0.3 is 0 Å². The van der Waals surface area contributed by atoms with Crippen LogP contribution in [0.1, 0.15) is 17.4 Å². The molecule has 17 heavy (non-hydrogen) atoms. The predicted octanol–water partition coefficient (Wildman–Crippen LogP) is 2.89. The third-order valence-corrected chi connectivity index (χ3v) is 3.45. The molecule has 2 heterocycles. The van der Waals surface area contributed by atoms with Crippen molar-refractivity contribution in [2.45, 2.75) is 20.4 Å². The largest absolute Gasteiger partial charge is 0.370 e. The van der Waals surface area contributed by atoms with Crippen LogP contribution in [0, 0.1) is 6.92 Å². The van der Waals surface area contributed by atoms with Gasteiger partial charge in [0, 0.05) is 17.5 Å². The number of nitrogens with one attached hydrogen (secondary N) is 2. The van der Waals surface area contributed by atoms with Crippen LogP contribution < -0.4 is 10.6 Å². The lowest BCUT2D eigenvalue weighted by atomic mass is 10.3. The van der Waals surface area contributed by atoms with Crippen molar-refractivity contribution in [1.82, 2.24) is 9.97 Å². The first kappa shape index (κ1) is 11.9. The van der Waals surface area contributed by atoms with Crippen LogP contribution in [0.4, 0.5) is 11.6 Å². The number of rotatable bonds is 5. The van der Waals surface area contributed by atoms with Crippen molar-refractivity contribution in [3.63, 3.8) is 0 Å². The second-order valence-corrected chi connectivity index (χ2v) is 4.70. The molecule has 0 aliphatic heterocycles. The molecule has 0 bridgehead atoms. The van der Waals surface area contributed by atoms with Crippen molar-refractivity contribution in [2.75, 3.05) is 17.2 Å². The maximum absolute atomic E-state index is 4.19. The Labute approximate surface area is 105 Å². The molecule has 0 aliphatic carbocycles. The number of aryl methyl sites for hydroxylation is 1. The van der Waals surface area contributed by atoms with Gasteiger partial charge in [0.15, 0.2) is 0 Å². The lowest BCUT2D eigenvalue weighted by Crippen LogP contribution is -2.04. The van der Waals surface area contributed by atoms with Gasteiger partial charge in [-0.3, -0.25) is 0 Å². The summed E-state index contributed by atoms with van der Waals surface area (Å²) in [6, 6.07) is 4.05. The first-order chi connectivity index (χ1) is 8.29. The molecule has 2 N–H and O–H groups in total. The number of thiophene rings is 1. The van der Waals surface area contributed by atoms with E-state index in [2.05, 4.69) is 39.0 Å². The zero-order valence-electron chi connectivity index (χ0n) is 10.0. The van der Waals surface area contributed by atoms with Gasteiger partial charge < -0.3 is 10.6 Å². The minimum Gasteiger partial charge on any atom is -0.370 e. The summed E-state index contributed by atoms with van der Waals surface area (Å²) in [5, 5.41) is 8.58. The Hall–Kier alpha value is -1.62. The average molecular weight is 248 g/mol. The van der Waals surface area contributed by atoms with E-state index < -0.39 is 0 Å². The van der Waals surface area contributed by atoms with E-state index in [-0.39, 0.29) is 0 Å². The lowest BCUT2D eigenvalue weighted by Gasteiger charge is -2.07. The van der Waals surface area contributed by atoms with Crippen LogP contribution in [-0.2, 0) is 6.54 Å². The van der Waals surface area contributed by atoms with Crippen LogP contribution in [0.2, 0.25) is 0 Å². The molecule has 5 heteroatoms. The molecule has 0 aliphatic rings. The van der Waals surface area contributed by atoms with Crippen molar-refractivity contribution < 1.29 is 0 Å². The van der Waals surface area contributed by atoms with Gasteiger partial charge in [0.2, 0.25) is 0 Å². The van der Waals surface area contributed by atoms with Crippen LogP contribution >= 0.6 is 11.3 Å². The van der Waals surface area contributed by atoms with Crippen molar-refractivity contribution in [3.8, 4) is 0 Å². The average Bonchev–Trinajstić information content (AvgIpc) is 2.73. The molecule has 0 radical (unpaired) electrons. The molecule has 0 atom stereocenters. The van der Waals surface area contributed by atoms with E-state index in [0.29, 0.717) is 0 Å². The van der Waals surface area contributed by atoms with Crippen LogP contribution in [0.25, 0.3) is 0 Å². The normalized spacial score (nSPS) is 10.2. The van der Waals surface area contributed by atoms with Gasteiger partial charge in [0.25, 0.3) is 0 Å². The Balaban J connectivity index is 1.99. The number of nitrogens with zero attached hydrogens (tertiary/aromatic N) is 2. The third kappa shape index (κ3) is 3.17. The van der Waals surface area contributed by atoms with Crippen LogP contribution in [-0.4, -0.2) is 16.5 Å². The fourth-order valence-electron chi connectivity index (χ4n) is 1.49. The van der Waals surface area contributed by atoms with Crippen molar-refractivity contribution >= 4 is 23.0 Å². The van der Waals surface area contributed by atoms with Crippen molar-refractivity contribution in [1.29, 1.82) is 0 Å². The SMILES string of the molecule is CCNc1cc(NCc2sccc2C)ncn1. The topological polar surface area (TPSA) is 49.8 Å². The molecular weight excluding hydrogens is 232 g/mol. The number of hydrogen-bond donors (Lipinski definition) is 2. The highest BCUT2D eigenvalue weighted by atomic mass is 32.1. The predicted molar refractivity (Wildman–Crippen MR) is 72.6 cm³/mol. The summed E-state index contributed by atoms with van der Waals surface area (Å²) in [5.74, 6) is 1.71. The number of aromatic nitrogens is 2. The Morgan fingerprint density at radius 3 is 2.65 bits per heavy atom. The first-order valence-corrected chi connectivity index (χ1v) is 6.50. The van der Waals surface area contributed by atoms with E-state index in [0.717, 1.165) is 24.7 Å². The molecule has 0 spiro atoms. The first-order valence-electron chi connectivity index (χ1n) is 5.62. The van der Waals surface area contributed by atoms with Crippen molar-refractivity contribution in [2.24, 2.45) is 0 Å². The third-order valence-electron chi connectivity index (χ3n) is 2.42. The van der Waals surface area contributed by atoms with E-state index in [1.165, 1.54) is 10.4 Å². The highest BCUT2D eigenvalue weighted by molar-refractivity contribution is 7.10. The summed E-state index contributed by atoms with van der Waals surface area (Å²) in [6.45, 7) is 5.84. The second kappa shape index (κ2) is 5.63. The minimum atomic E-state index is 0.812. The summed E-state index contributed by atoms with van der Waals surface area (Å²) < 4.78 is 0. The van der Waals surface area contributed by atoms with Gasteiger partial charge in [0.05, 0.1) is 6.54 Å². The Morgan fingerprint density at radius 2 is 2.00 bits per heavy atom. The zero-order valence-corrected chi connectivity index (χ0v) is 10.8. The van der Waals surface area contributed by atoms with Gasteiger partial charge in [-0.1, -0.05) is 0 Å². The minimum absolute atomic E-state index is 0.812. The molecule has 0 fully saturated rings. The van der Waals surface area contributed by atoms with E-state index in [4.69, 9.17) is 0 Å². The fraction of sp³-hybridized carbons (Fsp3) is 0.333. The van der Waals surface area contributed by atoms with Crippen LogP contribution in [0.3, 0.4) is 0 Å². The van der Waals surface area contributed by atoms with Gasteiger partial charge in [0.1, 0.15) is 18.0 Å². The molecule has 90 valence electrons. The summed E-state index contributed by atoms with van der Waals surface area (Å²) in [6.07, 6.45) is 1.57. The van der Waals surface area contributed by atoms with Gasteiger partial charge in [-0.05, 0) is 30.9 Å². The molecule has 0 amide bonds. The fourth-order valence-corrected chi connectivity index (χ4v) is 2.33. The molecule has 2 rings (SSSR count). The highest BCUT2D eigenvalue weighted by Gasteiger charge is 2.01. The van der Waals surface area contributed by atoms with E-state index in [1.54, 1.807) is 17.7 Å². The Bertz CT molecular complexity index is 481. The number of hydrogen-bond acceptors (Lipinski definition) is 5. The zero-order chi connectivity index (χ0) is 12.1. The number of anilines is 2. The Morgan fingerprint density at radius 1 is 1.24 bits per heavy atom. The maximum Gasteiger partial charge on any atom is 0.131 e. The molecular formula is C12H16N4S. The van der Waals surface area contributed by atoms with Gasteiger partial charge in [-0.2, -0.15) is 0 Å². The molecule has 0 saturated heterocycles. The smallest absolute Gasteiger partial charge is 0.131 e. The maximum atomic E-state index is 4.19. The molecule has 0 unspecified atom stereocenters.